The second-order valence-corrected chi connectivity index (χ2v) is 8.35. The number of rotatable bonds is 6. The Bertz CT molecular complexity index is 593. The lowest BCUT2D eigenvalue weighted by molar-refractivity contribution is 0.174. The Morgan fingerprint density at radius 1 is 1.30 bits per heavy atom. The van der Waals surface area contributed by atoms with E-state index in [9.17, 15) is 8.42 Å². The Kier molecular flexibility index (Phi) is 6.82. The summed E-state index contributed by atoms with van der Waals surface area (Å²) in [6.45, 7) is 5.73. The van der Waals surface area contributed by atoms with E-state index < -0.39 is 10.0 Å². The van der Waals surface area contributed by atoms with Crippen LogP contribution < -0.4 is 10.0 Å². The van der Waals surface area contributed by atoms with Gasteiger partial charge in [-0.3, -0.25) is 9.89 Å². The van der Waals surface area contributed by atoms with Crippen molar-refractivity contribution >= 4 is 27.3 Å². The van der Waals surface area contributed by atoms with E-state index >= 15 is 0 Å². The van der Waals surface area contributed by atoms with Gasteiger partial charge in [0, 0.05) is 57.7 Å². The molecular formula is C14H25N5O2S2. The number of thiophene rings is 1. The standard InChI is InChI=1S/C14H25N5O2S2/c1-15-14(16-5-6-17-23(2,20)21)19-9-7-18(8-10-19)12-13-4-3-11-22-13/h3-4,11,17H,5-10,12H2,1-2H3,(H,15,16). The first-order valence-electron chi connectivity index (χ1n) is 7.63. The molecule has 0 amide bonds. The summed E-state index contributed by atoms with van der Waals surface area (Å²) in [6.07, 6.45) is 1.16. The second kappa shape index (κ2) is 8.62. The average molecular weight is 360 g/mol. The van der Waals surface area contributed by atoms with Crippen molar-refractivity contribution in [2.24, 2.45) is 4.99 Å². The summed E-state index contributed by atoms with van der Waals surface area (Å²) in [5.74, 6) is 0.830. The molecule has 0 bridgehead atoms. The topological polar surface area (TPSA) is 77.0 Å². The number of nitrogens with zero attached hydrogens (tertiary/aromatic N) is 3. The van der Waals surface area contributed by atoms with Crippen LogP contribution in [-0.2, 0) is 16.6 Å². The van der Waals surface area contributed by atoms with Crippen LogP contribution in [0, 0.1) is 0 Å². The highest BCUT2D eigenvalue weighted by Gasteiger charge is 2.19. The fourth-order valence-electron chi connectivity index (χ4n) is 2.48. The molecule has 0 spiro atoms. The summed E-state index contributed by atoms with van der Waals surface area (Å²) in [4.78, 5) is 10.3. The van der Waals surface area contributed by atoms with E-state index in [1.54, 1.807) is 18.4 Å². The number of aliphatic imine (C=N–C) groups is 1. The number of hydrogen-bond acceptors (Lipinski definition) is 5. The fraction of sp³-hybridized carbons (Fsp3) is 0.643. The number of nitrogens with one attached hydrogen (secondary N) is 2. The lowest BCUT2D eigenvalue weighted by Gasteiger charge is -2.36. The molecule has 0 saturated carbocycles. The smallest absolute Gasteiger partial charge is 0.208 e. The fourth-order valence-corrected chi connectivity index (χ4v) is 3.70. The molecule has 1 aliphatic heterocycles. The van der Waals surface area contributed by atoms with Crippen LogP contribution in [0.15, 0.2) is 22.5 Å². The van der Waals surface area contributed by atoms with E-state index in [1.165, 1.54) is 4.88 Å². The summed E-state index contributed by atoms with van der Waals surface area (Å²) in [5, 5.41) is 5.32. The normalized spacial score (nSPS) is 17.5. The van der Waals surface area contributed by atoms with Gasteiger partial charge in [-0.1, -0.05) is 6.07 Å². The molecule has 0 aromatic carbocycles. The highest BCUT2D eigenvalue weighted by Crippen LogP contribution is 2.13. The zero-order valence-electron chi connectivity index (χ0n) is 13.7. The van der Waals surface area contributed by atoms with E-state index in [-0.39, 0.29) is 0 Å². The number of sulfonamides is 1. The van der Waals surface area contributed by atoms with Gasteiger partial charge in [-0.05, 0) is 11.4 Å². The zero-order valence-corrected chi connectivity index (χ0v) is 15.3. The minimum Gasteiger partial charge on any atom is -0.355 e. The van der Waals surface area contributed by atoms with E-state index in [1.807, 2.05) is 0 Å². The highest BCUT2D eigenvalue weighted by molar-refractivity contribution is 7.88. The maximum absolute atomic E-state index is 11.0. The molecule has 1 aromatic heterocycles. The molecule has 2 heterocycles. The van der Waals surface area contributed by atoms with Crippen LogP contribution in [0.4, 0.5) is 0 Å². The van der Waals surface area contributed by atoms with Crippen LogP contribution in [0.1, 0.15) is 4.88 Å². The summed E-state index contributed by atoms with van der Waals surface area (Å²) in [6, 6.07) is 4.26. The van der Waals surface area contributed by atoms with Gasteiger partial charge in [0.15, 0.2) is 5.96 Å². The van der Waals surface area contributed by atoms with Gasteiger partial charge in [0.1, 0.15) is 0 Å². The molecule has 1 fully saturated rings. The predicted molar refractivity (Wildman–Crippen MR) is 95.4 cm³/mol. The maximum Gasteiger partial charge on any atom is 0.208 e. The quantitative estimate of drug-likeness (QED) is 0.424. The maximum atomic E-state index is 11.0. The lowest BCUT2D eigenvalue weighted by Crippen LogP contribution is -2.52. The van der Waals surface area contributed by atoms with Gasteiger partial charge in [-0.25, -0.2) is 13.1 Å². The zero-order chi connectivity index (χ0) is 16.7. The molecule has 2 rings (SSSR count). The third-order valence-electron chi connectivity index (χ3n) is 3.62. The van der Waals surface area contributed by atoms with Gasteiger partial charge in [-0.15, -0.1) is 11.3 Å². The summed E-state index contributed by atoms with van der Waals surface area (Å²) in [5.41, 5.74) is 0. The number of hydrogen-bond donors (Lipinski definition) is 2. The Hall–Kier alpha value is -1.16. The average Bonchev–Trinajstić information content (AvgIpc) is 3.00. The van der Waals surface area contributed by atoms with Crippen molar-refractivity contribution in [3.8, 4) is 0 Å². The van der Waals surface area contributed by atoms with Crippen molar-refractivity contribution in [3.05, 3.63) is 22.4 Å². The monoisotopic (exact) mass is 359 g/mol. The van der Waals surface area contributed by atoms with E-state index in [2.05, 4.69) is 42.3 Å². The summed E-state index contributed by atoms with van der Waals surface area (Å²) in [7, 11) is -1.38. The summed E-state index contributed by atoms with van der Waals surface area (Å²) < 4.78 is 24.5. The Morgan fingerprint density at radius 2 is 2.04 bits per heavy atom. The van der Waals surface area contributed by atoms with Crippen molar-refractivity contribution in [1.29, 1.82) is 0 Å². The third-order valence-corrected chi connectivity index (χ3v) is 5.21. The summed E-state index contributed by atoms with van der Waals surface area (Å²) >= 11 is 1.80. The van der Waals surface area contributed by atoms with Crippen LogP contribution >= 0.6 is 11.3 Å². The Morgan fingerprint density at radius 3 is 2.61 bits per heavy atom. The van der Waals surface area contributed by atoms with Crippen molar-refractivity contribution in [1.82, 2.24) is 19.8 Å². The van der Waals surface area contributed by atoms with Gasteiger partial charge in [0.25, 0.3) is 0 Å². The SMILES string of the molecule is CN=C(NCCNS(C)(=O)=O)N1CCN(Cc2cccs2)CC1. The van der Waals surface area contributed by atoms with Crippen molar-refractivity contribution < 1.29 is 8.42 Å². The Labute approximate surface area is 142 Å². The predicted octanol–water partition coefficient (Wildman–Crippen LogP) is -0.00970. The van der Waals surface area contributed by atoms with Crippen LogP contribution in [0.25, 0.3) is 0 Å². The first-order valence-corrected chi connectivity index (χ1v) is 10.4. The highest BCUT2D eigenvalue weighted by atomic mass is 32.2. The van der Waals surface area contributed by atoms with Crippen LogP contribution in [-0.4, -0.2) is 76.7 Å². The molecule has 23 heavy (non-hydrogen) atoms. The third kappa shape index (κ3) is 6.46. The molecule has 0 unspecified atom stereocenters. The molecule has 1 aromatic rings. The first kappa shape index (κ1) is 18.2. The molecule has 0 radical (unpaired) electrons. The van der Waals surface area contributed by atoms with Crippen molar-refractivity contribution in [3.63, 3.8) is 0 Å². The minimum atomic E-state index is -3.14. The second-order valence-electron chi connectivity index (χ2n) is 5.48. The van der Waals surface area contributed by atoms with Gasteiger partial charge < -0.3 is 10.2 Å². The number of guanidine groups is 1. The lowest BCUT2D eigenvalue weighted by atomic mass is 10.3. The minimum absolute atomic E-state index is 0.357. The Balaban J connectivity index is 1.72. The van der Waals surface area contributed by atoms with Crippen molar-refractivity contribution in [2.45, 2.75) is 6.54 Å². The molecule has 9 heteroatoms. The van der Waals surface area contributed by atoms with Gasteiger partial charge in [0.2, 0.25) is 10.0 Å². The van der Waals surface area contributed by atoms with Crippen molar-refractivity contribution in [2.75, 3.05) is 52.6 Å². The molecule has 2 N–H and O–H groups in total. The van der Waals surface area contributed by atoms with Crippen LogP contribution in [0.5, 0.6) is 0 Å². The molecule has 7 nitrogen and oxygen atoms in total. The molecule has 130 valence electrons. The molecule has 0 atom stereocenters. The molecule has 1 saturated heterocycles. The largest absolute Gasteiger partial charge is 0.355 e. The van der Waals surface area contributed by atoms with E-state index in [4.69, 9.17) is 0 Å². The first-order chi connectivity index (χ1) is 11.0. The molecular weight excluding hydrogens is 334 g/mol. The van der Waals surface area contributed by atoms with Gasteiger partial charge in [0.05, 0.1) is 6.26 Å². The van der Waals surface area contributed by atoms with Gasteiger partial charge >= 0.3 is 0 Å². The van der Waals surface area contributed by atoms with Crippen LogP contribution in [0.2, 0.25) is 0 Å². The molecule has 0 aliphatic carbocycles. The number of piperazine rings is 1. The molecule has 1 aliphatic rings. The van der Waals surface area contributed by atoms with E-state index in [0.717, 1.165) is 44.9 Å². The van der Waals surface area contributed by atoms with E-state index in [0.29, 0.717) is 13.1 Å². The van der Waals surface area contributed by atoms with Crippen LogP contribution in [0.3, 0.4) is 0 Å². The van der Waals surface area contributed by atoms with Gasteiger partial charge in [-0.2, -0.15) is 0 Å².